The maximum absolute atomic E-state index is 10.3. The quantitative estimate of drug-likeness (QED) is 0.0639. The van der Waals surface area contributed by atoms with Gasteiger partial charge in [-0.1, -0.05) is 129 Å². The topological polar surface area (TPSA) is 74.6 Å². The van der Waals surface area contributed by atoms with Crippen molar-refractivity contribution >= 4 is 12.3 Å². The lowest BCUT2D eigenvalue weighted by atomic mass is 10.0. The van der Waals surface area contributed by atoms with Gasteiger partial charge in [-0.25, -0.2) is 0 Å². The first-order chi connectivity index (χ1) is 17.7. The van der Waals surface area contributed by atoms with Crippen LogP contribution in [0, 0.1) is 5.92 Å². The molecule has 220 valence electrons. The molecule has 4 heteroatoms. The molecule has 0 aromatic heterocycles. The van der Waals surface area contributed by atoms with E-state index in [0.29, 0.717) is 12.2 Å². The normalized spacial score (nSPS) is 10.4. The van der Waals surface area contributed by atoms with Crippen LogP contribution in [0.25, 0.3) is 0 Å². The number of aldehydes is 1. The number of aliphatic carboxylic acids is 1. The Morgan fingerprint density at radius 1 is 0.703 bits per heavy atom. The molecule has 0 heterocycles. The number of allylic oxidation sites excluding steroid dienone is 2. The standard InChI is InChI=1S/C21H42O.C8H14O2.C2H4O.C2H4/c1-3-4-5-6-7-8-9-10-11-12-13-14-15-16-17-18-19-20-21(2)22;1-6(2)4-5-7(3)8(9)10;1-2-3;1-2/h22H,2-20H2,1H3;7H,1,4-5H2,2-3H3,(H,9,10);2H,1H3;1-2H2. The molecule has 0 saturated carbocycles. The van der Waals surface area contributed by atoms with Gasteiger partial charge in [-0.3, -0.25) is 4.79 Å². The van der Waals surface area contributed by atoms with Crippen molar-refractivity contribution in [3.63, 3.8) is 0 Å². The highest BCUT2D eigenvalue weighted by atomic mass is 16.4. The molecule has 37 heavy (non-hydrogen) atoms. The molecule has 0 fully saturated rings. The average molecular weight is 525 g/mol. The first-order valence-corrected chi connectivity index (χ1v) is 14.9. The van der Waals surface area contributed by atoms with Crippen LogP contribution in [0.4, 0.5) is 0 Å². The maximum Gasteiger partial charge on any atom is 0.306 e. The number of carbonyl (C=O) groups excluding carboxylic acids is 1. The summed E-state index contributed by atoms with van der Waals surface area (Å²) >= 11 is 0. The molecule has 0 rings (SSSR count). The summed E-state index contributed by atoms with van der Waals surface area (Å²) < 4.78 is 0. The summed E-state index contributed by atoms with van der Waals surface area (Å²) in [6, 6.07) is 0. The third-order valence-electron chi connectivity index (χ3n) is 5.99. The van der Waals surface area contributed by atoms with E-state index < -0.39 is 5.97 Å². The summed E-state index contributed by atoms with van der Waals surface area (Å²) in [7, 11) is 0. The van der Waals surface area contributed by atoms with E-state index in [4.69, 9.17) is 15.0 Å². The fraction of sp³-hybridized carbons (Fsp3) is 0.758. The van der Waals surface area contributed by atoms with Crippen molar-refractivity contribution in [2.45, 2.75) is 156 Å². The highest BCUT2D eigenvalue weighted by Crippen LogP contribution is 2.14. The van der Waals surface area contributed by atoms with Gasteiger partial charge in [-0.05, 0) is 33.1 Å². The summed E-state index contributed by atoms with van der Waals surface area (Å²) in [4.78, 5) is 19.1. The molecule has 0 radical (unpaired) electrons. The molecule has 2 N–H and O–H groups in total. The van der Waals surface area contributed by atoms with Crippen LogP contribution < -0.4 is 0 Å². The van der Waals surface area contributed by atoms with E-state index >= 15 is 0 Å². The molecule has 1 atom stereocenters. The summed E-state index contributed by atoms with van der Waals surface area (Å²) in [6.07, 6.45) is 26.8. The predicted octanol–water partition coefficient (Wildman–Crippen LogP) is 11.2. The fourth-order valence-corrected chi connectivity index (χ4v) is 3.64. The Kier molecular flexibility index (Phi) is 44.2. The maximum atomic E-state index is 10.3. The van der Waals surface area contributed by atoms with Crippen molar-refractivity contribution in [2.24, 2.45) is 5.92 Å². The molecule has 0 saturated heterocycles. The Bertz CT molecular complexity index is 499. The lowest BCUT2D eigenvalue weighted by Crippen LogP contribution is -2.08. The minimum absolute atomic E-state index is 0.239. The highest BCUT2D eigenvalue weighted by molar-refractivity contribution is 5.69. The van der Waals surface area contributed by atoms with Gasteiger partial charge >= 0.3 is 5.97 Å². The number of carboxylic acids is 1. The van der Waals surface area contributed by atoms with Gasteiger partial charge in [0.15, 0.2) is 0 Å². The Balaban J connectivity index is -0.000000300. The van der Waals surface area contributed by atoms with Gasteiger partial charge in [0, 0.05) is 6.42 Å². The smallest absolute Gasteiger partial charge is 0.306 e. The highest BCUT2D eigenvalue weighted by Gasteiger charge is 2.09. The zero-order chi connectivity index (χ0) is 29.2. The summed E-state index contributed by atoms with van der Waals surface area (Å²) in [6.45, 7) is 20.6. The SMILES string of the molecule is C=C.C=C(C)CCC(C)C(=O)O.C=C(O)CCCCCCCCCCCCCCCCCCC.CC=O. The third kappa shape index (κ3) is 51.6. The van der Waals surface area contributed by atoms with E-state index in [-0.39, 0.29) is 5.92 Å². The van der Waals surface area contributed by atoms with Crippen LogP contribution in [0.3, 0.4) is 0 Å². The molecule has 0 aromatic rings. The van der Waals surface area contributed by atoms with Gasteiger partial charge in [0.05, 0.1) is 11.7 Å². The van der Waals surface area contributed by atoms with E-state index in [9.17, 15) is 4.79 Å². The Hall–Kier alpha value is -1.84. The molecular formula is C33H64O4. The third-order valence-corrected chi connectivity index (χ3v) is 5.99. The zero-order valence-electron chi connectivity index (χ0n) is 25.3. The largest absolute Gasteiger partial charge is 0.513 e. The molecule has 1 unspecified atom stereocenters. The Labute approximate surface area is 231 Å². The van der Waals surface area contributed by atoms with Crippen LogP contribution in [0.1, 0.15) is 156 Å². The van der Waals surface area contributed by atoms with Gasteiger partial charge in [0.25, 0.3) is 0 Å². The van der Waals surface area contributed by atoms with Crippen LogP contribution in [0.15, 0.2) is 37.6 Å². The first kappa shape index (κ1) is 42.3. The first-order valence-electron chi connectivity index (χ1n) is 14.9. The number of hydrogen-bond donors (Lipinski definition) is 2. The molecule has 0 bridgehead atoms. The van der Waals surface area contributed by atoms with E-state index in [1.165, 1.54) is 110 Å². The van der Waals surface area contributed by atoms with Crippen LogP contribution in [-0.2, 0) is 9.59 Å². The van der Waals surface area contributed by atoms with Crippen molar-refractivity contribution in [2.75, 3.05) is 0 Å². The second kappa shape index (κ2) is 38.7. The van der Waals surface area contributed by atoms with Gasteiger partial charge in [-0.15, -0.1) is 19.7 Å². The number of hydrogen-bond acceptors (Lipinski definition) is 3. The number of rotatable bonds is 22. The molecule has 0 aliphatic rings. The predicted molar refractivity (Wildman–Crippen MR) is 164 cm³/mol. The lowest BCUT2D eigenvalue weighted by Gasteiger charge is -2.03. The zero-order valence-corrected chi connectivity index (χ0v) is 25.3. The van der Waals surface area contributed by atoms with Gasteiger partial charge in [0.1, 0.15) is 6.29 Å². The Morgan fingerprint density at radius 3 is 1.24 bits per heavy atom. The minimum atomic E-state index is -0.721. The Morgan fingerprint density at radius 2 is 1.00 bits per heavy atom. The lowest BCUT2D eigenvalue weighted by molar-refractivity contribution is -0.141. The van der Waals surface area contributed by atoms with E-state index in [2.05, 4.69) is 33.2 Å². The molecule has 0 amide bonds. The fourth-order valence-electron chi connectivity index (χ4n) is 3.64. The van der Waals surface area contributed by atoms with Gasteiger partial charge in [0.2, 0.25) is 0 Å². The molecular weight excluding hydrogens is 460 g/mol. The summed E-state index contributed by atoms with van der Waals surface area (Å²) in [5, 5.41) is 17.4. The van der Waals surface area contributed by atoms with Crippen molar-refractivity contribution in [1.29, 1.82) is 0 Å². The second-order valence-electron chi connectivity index (χ2n) is 9.94. The minimum Gasteiger partial charge on any atom is -0.513 e. The number of aliphatic hydroxyl groups excluding tert-OH is 1. The van der Waals surface area contributed by atoms with Crippen LogP contribution >= 0.6 is 0 Å². The van der Waals surface area contributed by atoms with Crippen molar-refractivity contribution < 1.29 is 19.8 Å². The number of aliphatic hydroxyl groups is 1. The number of unbranched alkanes of at least 4 members (excludes halogenated alkanes) is 16. The van der Waals surface area contributed by atoms with Crippen molar-refractivity contribution in [3.05, 3.63) is 37.6 Å². The summed E-state index contributed by atoms with van der Waals surface area (Å²) in [5.74, 6) is -0.612. The molecule has 0 aliphatic heterocycles. The number of carbonyl (C=O) groups is 2. The van der Waals surface area contributed by atoms with E-state index in [1.54, 1.807) is 6.92 Å². The number of carboxylic acid groups (broad SMARTS) is 1. The molecule has 0 aromatic carbocycles. The molecule has 0 spiro atoms. The van der Waals surface area contributed by atoms with Crippen LogP contribution in [0.2, 0.25) is 0 Å². The second-order valence-corrected chi connectivity index (χ2v) is 9.94. The van der Waals surface area contributed by atoms with Crippen LogP contribution in [0.5, 0.6) is 0 Å². The van der Waals surface area contributed by atoms with Gasteiger partial charge < -0.3 is 15.0 Å². The van der Waals surface area contributed by atoms with Crippen molar-refractivity contribution in [1.82, 2.24) is 0 Å². The van der Waals surface area contributed by atoms with E-state index in [0.717, 1.165) is 31.1 Å². The van der Waals surface area contributed by atoms with Crippen molar-refractivity contribution in [3.8, 4) is 0 Å². The average Bonchev–Trinajstić information content (AvgIpc) is 2.86. The summed E-state index contributed by atoms with van der Waals surface area (Å²) in [5.41, 5.74) is 1.05. The monoisotopic (exact) mass is 524 g/mol. The molecule has 4 nitrogen and oxygen atoms in total. The van der Waals surface area contributed by atoms with Crippen LogP contribution in [-0.4, -0.2) is 22.5 Å². The van der Waals surface area contributed by atoms with Gasteiger partial charge in [-0.2, -0.15) is 0 Å². The molecule has 0 aliphatic carbocycles. The van der Waals surface area contributed by atoms with E-state index in [1.807, 2.05) is 6.92 Å².